The number of fused-ring (bicyclic) bond motifs is 22. The van der Waals surface area contributed by atoms with Gasteiger partial charge in [-0.25, -0.2) is 0 Å². The molecule has 15 aromatic rings. The van der Waals surface area contributed by atoms with Gasteiger partial charge in [0.15, 0.2) is 0 Å². The summed E-state index contributed by atoms with van der Waals surface area (Å²) in [5.41, 5.74) is 47.8. The summed E-state index contributed by atoms with van der Waals surface area (Å²) in [6, 6.07) is 127. The summed E-state index contributed by atoms with van der Waals surface area (Å²) in [4.78, 5) is 0. The minimum atomic E-state index is -0.262. The zero-order chi connectivity index (χ0) is 80.4. The number of hydrogen-bond acceptors (Lipinski definition) is 0. The van der Waals surface area contributed by atoms with E-state index in [9.17, 15) is 0 Å². The molecule has 1 unspecified atom stereocenters. The molecule has 0 radical (unpaired) electrons. The second-order valence-electron chi connectivity index (χ2n) is 36.0. The van der Waals surface area contributed by atoms with E-state index in [1.165, 1.54) is 226 Å². The molecule has 2 spiro atoms. The Kier molecular flexibility index (Phi) is 20.1. The first kappa shape index (κ1) is 76.6. The summed E-state index contributed by atoms with van der Waals surface area (Å²) in [6.45, 7) is 24.8. The molecule has 1 atom stereocenters. The van der Waals surface area contributed by atoms with Crippen LogP contribution in [0.4, 0.5) is 0 Å². The third-order valence-corrected chi connectivity index (χ3v) is 28.3. The molecular weight excluding hydrogens is 1410 g/mol. The zero-order valence-electron chi connectivity index (χ0n) is 70.5. The largest absolute Gasteiger partial charge is 0.0713 e. The highest BCUT2D eigenvalue weighted by atomic mass is 14.5. The van der Waals surface area contributed by atoms with Crippen molar-refractivity contribution in [3.8, 4) is 66.8 Å². The van der Waals surface area contributed by atoms with Crippen molar-refractivity contribution in [3.63, 3.8) is 0 Å². The molecule has 0 aromatic heterocycles. The first-order valence-electron chi connectivity index (χ1n) is 43.3. The molecule has 0 N–H and O–H groups in total. The summed E-state index contributed by atoms with van der Waals surface area (Å²) in [6.07, 6.45) is 13.7. The van der Waals surface area contributed by atoms with E-state index in [0.29, 0.717) is 10.8 Å². The van der Waals surface area contributed by atoms with Crippen LogP contribution in [0.3, 0.4) is 0 Å². The van der Waals surface area contributed by atoms with Gasteiger partial charge in [-0.05, 0) is 235 Å². The van der Waals surface area contributed by atoms with Crippen LogP contribution < -0.4 is 0 Å². The van der Waals surface area contributed by atoms with Crippen molar-refractivity contribution in [1.29, 1.82) is 0 Å². The van der Waals surface area contributed by atoms with Gasteiger partial charge in [-0.3, -0.25) is 0 Å². The topological polar surface area (TPSA) is 0 Å². The van der Waals surface area contributed by atoms with E-state index in [0.717, 1.165) is 0 Å². The summed E-state index contributed by atoms with van der Waals surface area (Å²) in [5.74, 6) is 0. The van der Waals surface area contributed by atoms with E-state index in [4.69, 9.17) is 0 Å². The van der Waals surface area contributed by atoms with Gasteiger partial charge in [-0.1, -0.05) is 434 Å². The Labute approximate surface area is 697 Å². The van der Waals surface area contributed by atoms with E-state index in [-0.39, 0.29) is 21.7 Å². The lowest BCUT2D eigenvalue weighted by Gasteiger charge is -2.36. The monoisotopic (exact) mass is 1510 g/mol. The lowest BCUT2D eigenvalue weighted by atomic mass is 9.67. The third-order valence-electron chi connectivity index (χ3n) is 28.3. The Morgan fingerprint density at radius 2 is 0.487 bits per heavy atom. The van der Waals surface area contributed by atoms with Gasteiger partial charge in [0.05, 0.1) is 5.41 Å². The zero-order valence-corrected chi connectivity index (χ0v) is 70.5. The SMILES string of the molecule is Cc1ccc2c(c1)-c1ccccc1C2(C)C.Cc1ccc2c(c1)-c1ccccc1C2(C)c1ccccc1.Cc1ccc2c(c1)-c1ccccc1C2(c1ccccc1)c1ccccc1.Cc1ccc2c(c1)-c1ccccc1C21CCCCC1.Cc1cccc2c1-c1ccccc1C2(C)C.Cc1cccc2c1C1(CCCCC1)c1ccccc1-2. The fourth-order valence-electron chi connectivity index (χ4n) is 22.8. The van der Waals surface area contributed by atoms with Crippen LogP contribution in [0.5, 0.6) is 0 Å². The molecule has 0 aliphatic heterocycles. The molecule has 578 valence electrons. The summed E-state index contributed by atoms with van der Waals surface area (Å²) < 4.78 is 0. The predicted molar refractivity (Wildman–Crippen MR) is 496 cm³/mol. The Morgan fingerprint density at radius 1 is 0.197 bits per heavy atom. The van der Waals surface area contributed by atoms with Crippen LogP contribution in [0.25, 0.3) is 66.8 Å². The van der Waals surface area contributed by atoms with Crippen LogP contribution >= 0.6 is 0 Å². The fourth-order valence-corrected chi connectivity index (χ4v) is 22.8. The van der Waals surface area contributed by atoms with E-state index in [1.54, 1.807) is 22.3 Å². The number of rotatable bonds is 3. The van der Waals surface area contributed by atoms with E-state index >= 15 is 0 Å². The molecule has 0 amide bonds. The van der Waals surface area contributed by atoms with Crippen LogP contribution in [0.2, 0.25) is 0 Å². The number of benzene rings is 15. The minimum absolute atomic E-state index is 0.0547. The van der Waals surface area contributed by atoms with E-state index in [1.807, 2.05) is 0 Å². The normalized spacial score (nSPS) is 17.1. The fraction of sp³-hybridized carbons (Fsp3) is 0.231. The van der Waals surface area contributed by atoms with Gasteiger partial charge in [-0.15, -0.1) is 0 Å². The van der Waals surface area contributed by atoms with Gasteiger partial charge >= 0.3 is 0 Å². The van der Waals surface area contributed by atoms with E-state index in [2.05, 4.69) is 422 Å². The Bertz CT molecular complexity index is 6170. The minimum Gasteiger partial charge on any atom is -0.0622 e. The third kappa shape index (κ3) is 12.8. The molecule has 0 saturated heterocycles. The van der Waals surface area contributed by atoms with Crippen molar-refractivity contribution in [3.05, 3.63) is 463 Å². The van der Waals surface area contributed by atoms with Crippen molar-refractivity contribution in [1.82, 2.24) is 0 Å². The standard InChI is InChI=1S/C26H20.C21H18.2C19H20.2C16H16/c1-19-16-17-25-23(18-19)22-14-8-9-15-24(22)26(25,20-10-4-2-5-11-20)21-12-6-3-7-13-21;1-15-12-13-20-18(14-15)17-10-6-7-11-19(17)21(20,2)16-8-4-3-5-9-16;1-14-8-7-10-16-15-9-3-4-11-17(15)19(18(14)16)12-5-2-6-13-19;1-14-9-10-18-16(13-14)15-7-3-4-8-17(15)19(18)11-5-2-6-12-19;1-11-7-6-10-14-15(11)12-8-4-5-9-13(12)16(14,2)3;1-11-8-9-15-13(10-11)12-6-4-5-7-14(12)16(15,2)3/h2-18H,1H3;3-14H,1-2H3;3-4,7-11H,2,5-6,12-13H2,1H3;3-4,7-10,13H,2,5-6,11-12H2,1H3;2*4-10H,1-3H3. The number of aryl methyl sites for hydroxylation is 6. The lowest BCUT2D eigenvalue weighted by molar-refractivity contribution is 0.351. The van der Waals surface area contributed by atoms with Crippen molar-refractivity contribution in [2.24, 2.45) is 0 Å². The molecule has 0 heteroatoms. The maximum Gasteiger partial charge on any atom is 0.0713 e. The van der Waals surface area contributed by atoms with Crippen molar-refractivity contribution in [2.45, 2.75) is 173 Å². The van der Waals surface area contributed by atoms with Gasteiger partial charge in [-0.2, -0.15) is 0 Å². The van der Waals surface area contributed by atoms with Crippen LogP contribution in [0.1, 0.15) is 216 Å². The van der Waals surface area contributed by atoms with E-state index < -0.39 is 0 Å². The molecular formula is C117H110. The Balaban J connectivity index is 0.0000000977. The molecule has 0 bridgehead atoms. The summed E-state index contributed by atoms with van der Waals surface area (Å²) in [5, 5.41) is 0. The van der Waals surface area contributed by atoms with Crippen LogP contribution in [-0.2, 0) is 32.5 Å². The van der Waals surface area contributed by atoms with Crippen molar-refractivity contribution >= 4 is 0 Å². The predicted octanol–water partition coefficient (Wildman–Crippen LogP) is 30.7. The van der Waals surface area contributed by atoms with Gasteiger partial charge in [0.25, 0.3) is 0 Å². The molecule has 117 heavy (non-hydrogen) atoms. The van der Waals surface area contributed by atoms with Gasteiger partial charge in [0.2, 0.25) is 0 Å². The quantitative estimate of drug-likeness (QED) is 0.165. The molecule has 23 rings (SSSR count). The maximum absolute atomic E-state index is 2.40. The molecule has 2 fully saturated rings. The Hall–Kier alpha value is -11.7. The first-order chi connectivity index (χ1) is 56.9. The second kappa shape index (κ2) is 30.7. The highest BCUT2D eigenvalue weighted by molar-refractivity contribution is 5.89. The Morgan fingerprint density at radius 3 is 1.03 bits per heavy atom. The van der Waals surface area contributed by atoms with Crippen molar-refractivity contribution < 1.29 is 0 Å². The molecule has 8 aliphatic carbocycles. The average molecular weight is 1520 g/mol. The molecule has 0 nitrogen and oxygen atoms in total. The van der Waals surface area contributed by atoms with Gasteiger partial charge < -0.3 is 0 Å². The molecule has 15 aromatic carbocycles. The molecule has 8 aliphatic rings. The first-order valence-corrected chi connectivity index (χ1v) is 43.3. The summed E-state index contributed by atoms with van der Waals surface area (Å²) in [7, 11) is 0. The number of hydrogen-bond donors (Lipinski definition) is 0. The highest BCUT2D eigenvalue weighted by Gasteiger charge is 2.49. The molecule has 0 heterocycles. The average Bonchev–Trinajstić information content (AvgIpc) is 1.55. The van der Waals surface area contributed by atoms with Crippen LogP contribution in [0, 0.1) is 41.5 Å². The van der Waals surface area contributed by atoms with Crippen LogP contribution in [0.15, 0.2) is 346 Å². The molecule has 2 saturated carbocycles. The van der Waals surface area contributed by atoms with Crippen molar-refractivity contribution in [2.75, 3.05) is 0 Å². The van der Waals surface area contributed by atoms with Crippen LogP contribution in [-0.4, -0.2) is 0 Å². The summed E-state index contributed by atoms with van der Waals surface area (Å²) >= 11 is 0. The lowest BCUT2D eigenvalue weighted by Crippen LogP contribution is -2.28. The smallest absolute Gasteiger partial charge is 0.0622 e. The van der Waals surface area contributed by atoms with Gasteiger partial charge in [0, 0.05) is 27.1 Å². The maximum atomic E-state index is 2.40. The second-order valence-corrected chi connectivity index (χ2v) is 36.0. The highest BCUT2D eigenvalue weighted by Crippen LogP contribution is 2.61. The van der Waals surface area contributed by atoms with Gasteiger partial charge in [0.1, 0.15) is 0 Å².